The first kappa shape index (κ1) is 13.0. The summed E-state index contributed by atoms with van der Waals surface area (Å²) in [5.41, 5.74) is 0.0977. The van der Waals surface area contributed by atoms with Crippen LogP contribution in [0.3, 0.4) is 0 Å². The third-order valence-corrected chi connectivity index (χ3v) is 3.15. The molecule has 0 heterocycles. The molecule has 1 atom stereocenters. The van der Waals surface area contributed by atoms with Crippen LogP contribution in [0.25, 0.3) is 0 Å². The summed E-state index contributed by atoms with van der Waals surface area (Å²) in [6.07, 6.45) is 0.689. The highest BCUT2D eigenvalue weighted by Gasteiger charge is 2.33. The van der Waals surface area contributed by atoms with Crippen molar-refractivity contribution in [2.75, 3.05) is 6.61 Å². The van der Waals surface area contributed by atoms with Crippen LogP contribution in [-0.2, 0) is 5.60 Å². The highest BCUT2D eigenvalue weighted by molar-refractivity contribution is 5.38. The molecule has 0 spiro atoms. The van der Waals surface area contributed by atoms with Crippen LogP contribution in [-0.4, -0.2) is 11.7 Å². The maximum atomic E-state index is 10.7. The number of hydrogen-bond acceptors (Lipinski definition) is 2. The van der Waals surface area contributed by atoms with E-state index in [1.807, 2.05) is 52.0 Å². The zero-order valence-electron chi connectivity index (χ0n) is 10.7. The van der Waals surface area contributed by atoms with Crippen LogP contribution >= 0.6 is 0 Å². The van der Waals surface area contributed by atoms with E-state index in [0.29, 0.717) is 13.0 Å². The number of ether oxygens (including phenoxy) is 1. The summed E-state index contributed by atoms with van der Waals surface area (Å²) < 4.78 is 5.58. The van der Waals surface area contributed by atoms with Gasteiger partial charge in [-0.25, -0.2) is 0 Å². The average Bonchev–Trinajstić information content (AvgIpc) is 2.29. The molecule has 1 aromatic carbocycles. The highest BCUT2D eigenvalue weighted by atomic mass is 16.5. The molecule has 1 N–H and O–H groups in total. The van der Waals surface area contributed by atoms with E-state index in [1.54, 1.807) is 0 Å². The van der Waals surface area contributed by atoms with Gasteiger partial charge in [-0.2, -0.15) is 0 Å². The molecule has 0 amide bonds. The lowest BCUT2D eigenvalue weighted by Crippen LogP contribution is -2.31. The summed E-state index contributed by atoms with van der Waals surface area (Å²) >= 11 is 0. The van der Waals surface area contributed by atoms with E-state index >= 15 is 0 Å². The Labute approximate surface area is 98.3 Å². The van der Waals surface area contributed by atoms with Crippen molar-refractivity contribution in [3.8, 4) is 5.75 Å². The van der Waals surface area contributed by atoms with Crippen molar-refractivity contribution < 1.29 is 9.84 Å². The number of para-hydroxylation sites is 1. The summed E-state index contributed by atoms with van der Waals surface area (Å²) in [4.78, 5) is 0. The molecule has 2 nitrogen and oxygen atoms in total. The molecule has 90 valence electrons. The molecule has 1 unspecified atom stereocenters. The molecule has 0 saturated carbocycles. The minimum absolute atomic E-state index is 0.166. The average molecular weight is 222 g/mol. The van der Waals surface area contributed by atoms with Crippen LogP contribution in [0.5, 0.6) is 5.75 Å². The van der Waals surface area contributed by atoms with Gasteiger partial charge in [0, 0.05) is 5.56 Å². The molecule has 0 bridgehead atoms. The van der Waals surface area contributed by atoms with Crippen LogP contribution in [0, 0.1) is 5.92 Å². The predicted molar refractivity (Wildman–Crippen MR) is 66.6 cm³/mol. The molecule has 0 aromatic heterocycles. The molecule has 1 aromatic rings. The summed E-state index contributed by atoms with van der Waals surface area (Å²) in [5, 5.41) is 10.7. The van der Waals surface area contributed by atoms with E-state index in [9.17, 15) is 5.11 Å². The lowest BCUT2D eigenvalue weighted by atomic mass is 9.81. The van der Waals surface area contributed by atoms with Crippen molar-refractivity contribution in [1.82, 2.24) is 0 Å². The fourth-order valence-electron chi connectivity index (χ4n) is 2.02. The number of aliphatic hydroxyl groups is 1. The standard InChI is InChI=1S/C14H22O2/c1-5-14(15,11(3)4)12-9-7-8-10-13(12)16-6-2/h7-11,15H,5-6H2,1-4H3. The van der Waals surface area contributed by atoms with E-state index in [4.69, 9.17) is 4.74 Å². The molecule has 2 heteroatoms. The molecule has 0 saturated heterocycles. The fraction of sp³-hybridized carbons (Fsp3) is 0.571. The van der Waals surface area contributed by atoms with Gasteiger partial charge in [0.1, 0.15) is 5.75 Å². The maximum Gasteiger partial charge on any atom is 0.125 e. The monoisotopic (exact) mass is 222 g/mol. The van der Waals surface area contributed by atoms with Gasteiger partial charge in [-0.3, -0.25) is 0 Å². The Bertz CT molecular complexity index is 333. The lowest BCUT2D eigenvalue weighted by molar-refractivity contribution is -0.0162. The van der Waals surface area contributed by atoms with Gasteiger partial charge in [0.15, 0.2) is 0 Å². The first-order chi connectivity index (χ1) is 7.56. The number of hydrogen-bond donors (Lipinski definition) is 1. The minimum Gasteiger partial charge on any atom is -0.493 e. The van der Waals surface area contributed by atoms with E-state index in [1.165, 1.54) is 0 Å². The van der Waals surface area contributed by atoms with Crippen LogP contribution in [0.15, 0.2) is 24.3 Å². The second-order valence-corrected chi connectivity index (χ2v) is 4.36. The Kier molecular flexibility index (Phi) is 4.36. The SMILES string of the molecule is CCOc1ccccc1C(O)(CC)C(C)C. The molecule has 0 aliphatic carbocycles. The third kappa shape index (κ3) is 2.38. The zero-order chi connectivity index (χ0) is 12.2. The molecular weight excluding hydrogens is 200 g/mol. The Morgan fingerprint density at radius 2 is 1.88 bits per heavy atom. The molecule has 1 rings (SSSR count). The van der Waals surface area contributed by atoms with Crippen LogP contribution in [0.4, 0.5) is 0 Å². The van der Waals surface area contributed by atoms with Crippen molar-refractivity contribution in [3.05, 3.63) is 29.8 Å². The Morgan fingerprint density at radius 3 is 2.38 bits per heavy atom. The van der Waals surface area contributed by atoms with Gasteiger partial charge in [-0.05, 0) is 25.3 Å². The van der Waals surface area contributed by atoms with Crippen molar-refractivity contribution in [2.45, 2.75) is 39.7 Å². The summed E-state index contributed by atoms with van der Waals surface area (Å²) in [7, 11) is 0. The maximum absolute atomic E-state index is 10.7. The van der Waals surface area contributed by atoms with Crippen LogP contribution in [0.2, 0.25) is 0 Å². The second-order valence-electron chi connectivity index (χ2n) is 4.36. The van der Waals surface area contributed by atoms with Crippen molar-refractivity contribution in [1.29, 1.82) is 0 Å². The molecule has 16 heavy (non-hydrogen) atoms. The smallest absolute Gasteiger partial charge is 0.125 e. The van der Waals surface area contributed by atoms with Crippen LogP contribution < -0.4 is 4.74 Å². The van der Waals surface area contributed by atoms with E-state index in [0.717, 1.165) is 11.3 Å². The second kappa shape index (κ2) is 5.35. The van der Waals surface area contributed by atoms with Crippen molar-refractivity contribution in [2.24, 2.45) is 5.92 Å². The van der Waals surface area contributed by atoms with E-state index in [-0.39, 0.29) is 5.92 Å². The largest absolute Gasteiger partial charge is 0.493 e. The van der Waals surface area contributed by atoms with Crippen LogP contribution in [0.1, 0.15) is 39.7 Å². The topological polar surface area (TPSA) is 29.5 Å². The van der Waals surface area contributed by atoms with Gasteiger partial charge in [-0.1, -0.05) is 39.0 Å². The Hall–Kier alpha value is -1.02. The summed E-state index contributed by atoms with van der Waals surface area (Å²) in [5.74, 6) is 0.960. The molecule has 0 radical (unpaired) electrons. The molecule has 0 aliphatic rings. The number of benzene rings is 1. The third-order valence-electron chi connectivity index (χ3n) is 3.15. The zero-order valence-corrected chi connectivity index (χ0v) is 10.7. The quantitative estimate of drug-likeness (QED) is 0.828. The van der Waals surface area contributed by atoms with E-state index < -0.39 is 5.60 Å². The Balaban J connectivity index is 3.18. The summed E-state index contributed by atoms with van der Waals surface area (Å²) in [6.45, 7) is 8.65. The van der Waals surface area contributed by atoms with Crippen molar-refractivity contribution in [3.63, 3.8) is 0 Å². The predicted octanol–water partition coefficient (Wildman–Crippen LogP) is 3.34. The minimum atomic E-state index is -0.800. The first-order valence-corrected chi connectivity index (χ1v) is 6.00. The molecule has 0 fully saturated rings. The Morgan fingerprint density at radius 1 is 1.25 bits per heavy atom. The molecular formula is C14H22O2. The lowest BCUT2D eigenvalue weighted by Gasteiger charge is -2.33. The fourth-order valence-corrected chi connectivity index (χ4v) is 2.02. The van der Waals surface area contributed by atoms with Gasteiger partial charge in [0.05, 0.1) is 12.2 Å². The number of rotatable bonds is 5. The highest BCUT2D eigenvalue weighted by Crippen LogP contribution is 2.38. The molecule has 0 aliphatic heterocycles. The van der Waals surface area contributed by atoms with Gasteiger partial charge in [-0.15, -0.1) is 0 Å². The normalized spacial score (nSPS) is 14.9. The van der Waals surface area contributed by atoms with Gasteiger partial charge in [0.2, 0.25) is 0 Å². The van der Waals surface area contributed by atoms with Crippen molar-refractivity contribution >= 4 is 0 Å². The van der Waals surface area contributed by atoms with Gasteiger partial charge in [0.25, 0.3) is 0 Å². The van der Waals surface area contributed by atoms with Gasteiger partial charge >= 0.3 is 0 Å². The first-order valence-electron chi connectivity index (χ1n) is 6.00. The summed E-state index contributed by atoms with van der Waals surface area (Å²) in [6, 6.07) is 7.75. The van der Waals surface area contributed by atoms with E-state index in [2.05, 4.69) is 0 Å². The van der Waals surface area contributed by atoms with Gasteiger partial charge < -0.3 is 9.84 Å².